The average Bonchev–Trinajstić information content (AvgIpc) is 3.17. The van der Waals surface area contributed by atoms with Gasteiger partial charge in [-0.15, -0.1) is 0 Å². The molecule has 5 N–H and O–H groups in total. The first-order valence-corrected chi connectivity index (χ1v) is 6.96. The third kappa shape index (κ3) is 2.98. The van der Waals surface area contributed by atoms with Crippen LogP contribution in [0.25, 0.3) is 11.4 Å². The first-order valence-electron chi connectivity index (χ1n) is 6.96. The molecule has 23 heavy (non-hydrogen) atoms. The second kappa shape index (κ2) is 5.80. The molecule has 1 aromatic carbocycles. The lowest BCUT2D eigenvalue weighted by atomic mass is 10.1. The van der Waals surface area contributed by atoms with Crippen molar-refractivity contribution < 1.29 is 9.59 Å². The number of carbonyl (C=O) groups is 2. The van der Waals surface area contributed by atoms with Gasteiger partial charge in [0.25, 0.3) is 11.8 Å². The van der Waals surface area contributed by atoms with E-state index >= 15 is 0 Å². The fourth-order valence-electron chi connectivity index (χ4n) is 2.21. The van der Waals surface area contributed by atoms with E-state index in [-0.39, 0.29) is 17.3 Å². The highest BCUT2D eigenvalue weighted by molar-refractivity contribution is 6.06. The van der Waals surface area contributed by atoms with E-state index < -0.39 is 5.91 Å². The number of amides is 2. The summed E-state index contributed by atoms with van der Waals surface area (Å²) in [6.07, 6.45) is 1.72. The quantitative estimate of drug-likeness (QED) is 0.591. The first-order chi connectivity index (χ1) is 11.0. The number of primary amides is 1. The van der Waals surface area contributed by atoms with Crippen molar-refractivity contribution in [2.24, 2.45) is 5.73 Å². The Morgan fingerprint density at radius 1 is 1.09 bits per heavy atom. The van der Waals surface area contributed by atoms with Gasteiger partial charge in [-0.25, -0.2) is 4.98 Å². The van der Waals surface area contributed by atoms with Gasteiger partial charge in [0.15, 0.2) is 0 Å². The fraction of sp³-hybridized carbons (Fsp3) is 0.0625. The number of imidazole rings is 1. The maximum atomic E-state index is 12.3. The van der Waals surface area contributed by atoms with E-state index in [1.54, 1.807) is 12.3 Å². The molecule has 0 aliphatic heterocycles. The van der Waals surface area contributed by atoms with E-state index in [1.807, 2.05) is 25.1 Å². The number of anilines is 1. The van der Waals surface area contributed by atoms with Crippen molar-refractivity contribution in [3.63, 3.8) is 0 Å². The number of rotatable bonds is 4. The molecule has 0 fully saturated rings. The topological polar surface area (TPSA) is 117 Å². The van der Waals surface area contributed by atoms with Crippen molar-refractivity contribution >= 4 is 17.5 Å². The van der Waals surface area contributed by atoms with Gasteiger partial charge in [-0.1, -0.05) is 12.1 Å². The molecule has 0 bridgehead atoms. The molecule has 3 rings (SSSR count). The van der Waals surface area contributed by atoms with Crippen molar-refractivity contribution in [1.29, 1.82) is 0 Å². The normalized spacial score (nSPS) is 10.5. The lowest BCUT2D eigenvalue weighted by Gasteiger charge is -2.08. The molecular weight excluding hydrogens is 294 g/mol. The second-order valence-corrected chi connectivity index (χ2v) is 5.06. The number of hydrogen-bond acceptors (Lipinski definition) is 3. The summed E-state index contributed by atoms with van der Waals surface area (Å²) in [5.74, 6) is -0.313. The maximum Gasteiger partial charge on any atom is 0.272 e. The molecule has 3 aromatic rings. The maximum absolute atomic E-state index is 12.3. The minimum atomic E-state index is -0.615. The molecule has 2 heterocycles. The van der Waals surface area contributed by atoms with E-state index in [0.717, 1.165) is 11.3 Å². The molecule has 0 atom stereocenters. The summed E-state index contributed by atoms with van der Waals surface area (Å²) in [7, 11) is 0. The van der Waals surface area contributed by atoms with Gasteiger partial charge in [0.1, 0.15) is 17.2 Å². The molecule has 0 aliphatic carbocycles. The van der Waals surface area contributed by atoms with Crippen LogP contribution in [0.5, 0.6) is 0 Å². The monoisotopic (exact) mass is 309 g/mol. The second-order valence-electron chi connectivity index (χ2n) is 5.06. The molecular formula is C16H15N5O2. The molecule has 2 aromatic heterocycles. The Hall–Kier alpha value is -3.35. The highest BCUT2D eigenvalue weighted by atomic mass is 16.2. The Kier molecular flexibility index (Phi) is 3.68. The Bertz CT molecular complexity index is 878. The van der Waals surface area contributed by atoms with Gasteiger partial charge in [-0.05, 0) is 31.2 Å². The summed E-state index contributed by atoms with van der Waals surface area (Å²) in [4.78, 5) is 33.5. The van der Waals surface area contributed by atoms with Gasteiger partial charge in [-0.3, -0.25) is 9.59 Å². The molecule has 0 unspecified atom stereocenters. The van der Waals surface area contributed by atoms with Crippen molar-refractivity contribution in [2.45, 2.75) is 6.92 Å². The van der Waals surface area contributed by atoms with Crippen LogP contribution in [0.1, 0.15) is 26.7 Å². The average molecular weight is 309 g/mol. The van der Waals surface area contributed by atoms with Gasteiger partial charge in [0.05, 0.1) is 5.69 Å². The van der Waals surface area contributed by atoms with E-state index in [4.69, 9.17) is 5.73 Å². The van der Waals surface area contributed by atoms with Crippen LogP contribution in [0.3, 0.4) is 0 Å². The van der Waals surface area contributed by atoms with Crippen LogP contribution in [0.15, 0.2) is 42.6 Å². The van der Waals surface area contributed by atoms with Gasteiger partial charge in [0.2, 0.25) is 0 Å². The van der Waals surface area contributed by atoms with E-state index in [9.17, 15) is 9.59 Å². The van der Waals surface area contributed by atoms with Gasteiger partial charge in [0, 0.05) is 17.5 Å². The van der Waals surface area contributed by atoms with E-state index in [0.29, 0.717) is 11.5 Å². The smallest absolute Gasteiger partial charge is 0.272 e. The summed E-state index contributed by atoms with van der Waals surface area (Å²) >= 11 is 0. The van der Waals surface area contributed by atoms with Crippen LogP contribution in [0, 0.1) is 6.92 Å². The third-order valence-electron chi connectivity index (χ3n) is 3.33. The number of nitrogens with one attached hydrogen (secondary N) is 3. The molecule has 0 radical (unpaired) electrons. The van der Waals surface area contributed by atoms with E-state index in [2.05, 4.69) is 20.3 Å². The number of H-pyrrole nitrogens is 2. The number of nitrogens with zero attached hydrogens (tertiary/aromatic N) is 1. The van der Waals surface area contributed by atoms with Crippen LogP contribution < -0.4 is 11.1 Å². The molecule has 2 amide bonds. The number of aromatic nitrogens is 3. The number of para-hydroxylation sites is 1. The number of carbonyl (C=O) groups excluding carboxylic acids is 2. The zero-order valence-corrected chi connectivity index (χ0v) is 12.4. The Labute approximate surface area is 131 Å². The highest BCUT2D eigenvalue weighted by Gasteiger charge is 2.14. The third-order valence-corrected chi connectivity index (χ3v) is 3.33. The van der Waals surface area contributed by atoms with Crippen LogP contribution in [0.4, 0.5) is 5.69 Å². The summed E-state index contributed by atoms with van der Waals surface area (Å²) in [5, 5.41) is 2.80. The molecule has 7 heteroatoms. The van der Waals surface area contributed by atoms with E-state index in [1.165, 1.54) is 12.1 Å². The molecule has 7 nitrogen and oxygen atoms in total. The SMILES string of the molecule is Cc1cnc(-c2ccccc2NC(=O)c2ccc(C(N)=O)[nH]2)[nH]1. The fourth-order valence-corrected chi connectivity index (χ4v) is 2.21. The van der Waals surface area contributed by atoms with Crippen LogP contribution in [0.2, 0.25) is 0 Å². The van der Waals surface area contributed by atoms with Crippen molar-refractivity contribution in [1.82, 2.24) is 15.0 Å². The summed E-state index contributed by atoms with van der Waals surface area (Å²) in [6, 6.07) is 10.3. The minimum absolute atomic E-state index is 0.185. The van der Waals surface area contributed by atoms with Gasteiger partial charge < -0.3 is 21.0 Å². The predicted octanol–water partition coefficient (Wildman–Crippen LogP) is 2.06. The molecule has 0 saturated carbocycles. The lowest BCUT2D eigenvalue weighted by molar-refractivity contribution is 0.0996. The molecule has 0 spiro atoms. The lowest BCUT2D eigenvalue weighted by Crippen LogP contribution is -2.15. The summed E-state index contributed by atoms with van der Waals surface area (Å²) < 4.78 is 0. The van der Waals surface area contributed by atoms with Crippen LogP contribution in [-0.4, -0.2) is 26.8 Å². The zero-order valence-electron chi connectivity index (χ0n) is 12.4. The van der Waals surface area contributed by atoms with Crippen molar-refractivity contribution in [3.8, 4) is 11.4 Å². The minimum Gasteiger partial charge on any atom is -0.364 e. The molecule has 0 saturated heterocycles. The van der Waals surface area contributed by atoms with Gasteiger partial charge in [-0.2, -0.15) is 0 Å². The van der Waals surface area contributed by atoms with Crippen LogP contribution >= 0.6 is 0 Å². The standard InChI is InChI=1S/C16H15N5O2/c1-9-8-18-15(19-9)10-4-2-3-5-11(10)21-16(23)13-7-6-12(20-13)14(17)22/h2-8,20H,1H3,(H2,17,22)(H,18,19)(H,21,23). The van der Waals surface area contributed by atoms with Crippen molar-refractivity contribution in [2.75, 3.05) is 5.32 Å². The summed E-state index contributed by atoms with van der Waals surface area (Å²) in [6.45, 7) is 1.90. The Balaban J connectivity index is 1.88. The zero-order chi connectivity index (χ0) is 16.4. The number of aryl methyl sites for hydroxylation is 1. The van der Waals surface area contributed by atoms with Gasteiger partial charge >= 0.3 is 0 Å². The Morgan fingerprint density at radius 3 is 2.48 bits per heavy atom. The number of aromatic amines is 2. The largest absolute Gasteiger partial charge is 0.364 e. The first kappa shape index (κ1) is 14.6. The van der Waals surface area contributed by atoms with Crippen LogP contribution in [-0.2, 0) is 0 Å². The summed E-state index contributed by atoms with van der Waals surface area (Å²) in [5.41, 5.74) is 7.92. The highest BCUT2D eigenvalue weighted by Crippen LogP contribution is 2.25. The molecule has 0 aliphatic rings. The number of hydrogen-bond donors (Lipinski definition) is 4. The van der Waals surface area contributed by atoms with Crippen molar-refractivity contribution in [3.05, 3.63) is 59.7 Å². The number of benzene rings is 1. The predicted molar refractivity (Wildman–Crippen MR) is 86.0 cm³/mol. The Morgan fingerprint density at radius 2 is 1.83 bits per heavy atom. The number of nitrogens with two attached hydrogens (primary N) is 1. The molecule has 116 valence electrons.